The number of rotatable bonds is 2. The fourth-order valence-electron chi connectivity index (χ4n) is 2.73. The average Bonchev–Trinajstić information content (AvgIpc) is 3.10. The van der Waals surface area contributed by atoms with Crippen LogP contribution in [-0.2, 0) is 0 Å². The highest BCUT2D eigenvalue weighted by atomic mass is 32.1. The minimum Gasteiger partial charge on any atom is -0.495 e. The number of nitrogens with zero attached hydrogens (tertiary/aromatic N) is 3. The maximum Gasteiger partial charge on any atom is 0.152 e. The quantitative estimate of drug-likeness (QED) is 0.615. The number of nitrogens with two attached hydrogens (primary N) is 1. The van der Waals surface area contributed by atoms with Crippen molar-refractivity contribution in [3.8, 4) is 16.2 Å². The van der Waals surface area contributed by atoms with Crippen molar-refractivity contribution in [3.63, 3.8) is 0 Å². The zero-order valence-electron chi connectivity index (χ0n) is 12.2. The Balaban J connectivity index is 2.01. The molecule has 3 heterocycles. The van der Waals surface area contributed by atoms with E-state index < -0.39 is 0 Å². The minimum atomic E-state index is 0.482. The number of hydrogen-bond donors (Lipinski definition) is 1. The van der Waals surface area contributed by atoms with E-state index >= 15 is 0 Å². The van der Waals surface area contributed by atoms with Crippen LogP contribution in [0.2, 0.25) is 0 Å². The summed E-state index contributed by atoms with van der Waals surface area (Å²) in [5, 5.41) is 5.37. The van der Waals surface area contributed by atoms with Crippen molar-refractivity contribution in [2.75, 3.05) is 12.8 Å². The van der Waals surface area contributed by atoms with Crippen LogP contribution in [0.1, 0.15) is 5.56 Å². The number of anilines is 1. The van der Waals surface area contributed by atoms with Crippen LogP contribution in [0.25, 0.3) is 26.0 Å². The van der Waals surface area contributed by atoms with Gasteiger partial charge in [-0.1, -0.05) is 6.07 Å². The molecular weight excluding hydrogens is 296 g/mol. The van der Waals surface area contributed by atoms with Crippen LogP contribution in [0.3, 0.4) is 0 Å². The molecule has 0 aliphatic carbocycles. The zero-order valence-corrected chi connectivity index (χ0v) is 13.0. The molecule has 6 heteroatoms. The van der Waals surface area contributed by atoms with E-state index in [1.807, 2.05) is 12.3 Å². The third kappa shape index (κ3) is 1.84. The number of ether oxygens (including phenoxy) is 1. The molecule has 0 aliphatic rings. The van der Waals surface area contributed by atoms with E-state index in [4.69, 9.17) is 10.5 Å². The van der Waals surface area contributed by atoms with Gasteiger partial charge in [0.2, 0.25) is 0 Å². The molecule has 0 unspecified atom stereocenters. The third-order valence-electron chi connectivity index (χ3n) is 3.69. The summed E-state index contributed by atoms with van der Waals surface area (Å²) in [6.45, 7) is 2.07. The third-order valence-corrected chi connectivity index (χ3v) is 4.89. The predicted molar refractivity (Wildman–Crippen MR) is 89.5 cm³/mol. The molecule has 22 heavy (non-hydrogen) atoms. The number of nitrogen functional groups attached to an aromatic ring is 1. The van der Waals surface area contributed by atoms with Gasteiger partial charge in [0.15, 0.2) is 5.82 Å². The molecule has 0 spiro atoms. The molecule has 1 aromatic carbocycles. The highest BCUT2D eigenvalue weighted by molar-refractivity contribution is 7.22. The molecule has 4 aromatic rings. The lowest BCUT2D eigenvalue weighted by atomic mass is 10.1. The average molecular weight is 310 g/mol. The van der Waals surface area contributed by atoms with Gasteiger partial charge in [0.25, 0.3) is 0 Å². The van der Waals surface area contributed by atoms with Crippen molar-refractivity contribution in [2.24, 2.45) is 0 Å². The number of aromatic nitrogens is 3. The highest BCUT2D eigenvalue weighted by Crippen LogP contribution is 2.41. The Kier molecular flexibility index (Phi) is 2.80. The number of methoxy groups -OCH3 is 1. The Labute approximate surface area is 131 Å². The van der Waals surface area contributed by atoms with Gasteiger partial charge in [0.05, 0.1) is 11.8 Å². The molecule has 2 N–H and O–H groups in total. The van der Waals surface area contributed by atoms with Gasteiger partial charge in [-0.3, -0.25) is 0 Å². The Bertz CT molecular complexity index is 1000. The van der Waals surface area contributed by atoms with Crippen LogP contribution in [-0.4, -0.2) is 21.7 Å². The Morgan fingerprint density at radius 1 is 1.27 bits per heavy atom. The lowest BCUT2D eigenvalue weighted by molar-refractivity contribution is 0.420. The molecule has 0 radical (unpaired) electrons. The molecule has 110 valence electrons. The van der Waals surface area contributed by atoms with E-state index in [-0.39, 0.29) is 0 Å². The first-order valence-corrected chi connectivity index (χ1v) is 7.65. The molecule has 3 aromatic heterocycles. The SMILES string of the molecule is COc1cc(C)cc2cc(-c3ccn4ncnc(N)c34)sc12. The lowest BCUT2D eigenvalue weighted by Gasteiger charge is -2.02. The molecule has 0 aliphatic heterocycles. The minimum absolute atomic E-state index is 0.482. The lowest BCUT2D eigenvalue weighted by Crippen LogP contribution is -1.98. The van der Waals surface area contributed by atoms with Gasteiger partial charge in [-0.25, -0.2) is 9.50 Å². The molecule has 0 bridgehead atoms. The summed E-state index contributed by atoms with van der Waals surface area (Å²) in [6, 6.07) is 8.40. The van der Waals surface area contributed by atoms with Crippen LogP contribution >= 0.6 is 11.3 Å². The molecule has 5 nitrogen and oxygen atoms in total. The molecule has 4 rings (SSSR count). The first-order valence-electron chi connectivity index (χ1n) is 6.84. The number of fused-ring (bicyclic) bond motifs is 2. The number of aryl methyl sites for hydroxylation is 1. The molecule has 0 saturated carbocycles. The highest BCUT2D eigenvalue weighted by Gasteiger charge is 2.14. The van der Waals surface area contributed by atoms with Crippen molar-refractivity contribution >= 4 is 32.8 Å². The molecular formula is C16H14N4OS. The topological polar surface area (TPSA) is 65.4 Å². The van der Waals surface area contributed by atoms with Gasteiger partial charge in [-0.15, -0.1) is 11.3 Å². The predicted octanol–water partition coefficient (Wildman–Crippen LogP) is 3.51. The molecule has 0 fully saturated rings. The summed E-state index contributed by atoms with van der Waals surface area (Å²) in [5.74, 6) is 1.38. The standard InChI is InChI=1S/C16H14N4OS/c1-9-5-10-7-13(22-15(10)12(6-9)21-2)11-3-4-20-14(11)16(17)18-8-19-20/h3-8H,1-2H3,(H2,17,18,19). The van der Waals surface area contributed by atoms with E-state index in [1.165, 1.54) is 17.3 Å². The second-order valence-corrected chi connectivity index (χ2v) is 6.22. The van der Waals surface area contributed by atoms with Crippen molar-refractivity contribution in [2.45, 2.75) is 6.92 Å². The van der Waals surface area contributed by atoms with Gasteiger partial charge in [0.1, 0.15) is 17.6 Å². The van der Waals surface area contributed by atoms with Crippen molar-refractivity contribution < 1.29 is 4.74 Å². The Hall–Kier alpha value is -2.60. The molecule has 0 amide bonds. The monoisotopic (exact) mass is 310 g/mol. The number of benzene rings is 1. The molecule has 0 atom stereocenters. The van der Waals surface area contributed by atoms with Crippen LogP contribution in [0.15, 0.2) is 36.8 Å². The van der Waals surface area contributed by atoms with Gasteiger partial charge < -0.3 is 10.5 Å². The fourth-order valence-corrected chi connectivity index (χ4v) is 3.88. The summed E-state index contributed by atoms with van der Waals surface area (Å²) >= 11 is 1.69. The summed E-state index contributed by atoms with van der Waals surface area (Å²) in [7, 11) is 1.70. The van der Waals surface area contributed by atoms with Crippen molar-refractivity contribution in [3.05, 3.63) is 42.4 Å². The van der Waals surface area contributed by atoms with Gasteiger partial charge in [0, 0.05) is 16.6 Å². The number of hydrogen-bond acceptors (Lipinski definition) is 5. The van der Waals surface area contributed by atoms with E-state index in [0.29, 0.717) is 5.82 Å². The maximum atomic E-state index is 6.02. The Morgan fingerprint density at radius 2 is 2.14 bits per heavy atom. The van der Waals surface area contributed by atoms with Crippen LogP contribution in [0, 0.1) is 6.92 Å². The fraction of sp³-hybridized carbons (Fsp3) is 0.125. The summed E-state index contributed by atoms with van der Waals surface area (Å²) in [6.07, 6.45) is 3.36. The molecule has 0 saturated heterocycles. The summed E-state index contributed by atoms with van der Waals surface area (Å²) in [4.78, 5) is 5.22. The van der Waals surface area contributed by atoms with E-state index in [1.54, 1.807) is 23.0 Å². The first-order chi connectivity index (χ1) is 10.7. The second-order valence-electron chi connectivity index (χ2n) is 5.16. The van der Waals surface area contributed by atoms with Crippen LogP contribution in [0.4, 0.5) is 5.82 Å². The number of thiophene rings is 1. The van der Waals surface area contributed by atoms with Crippen LogP contribution < -0.4 is 10.5 Å². The van der Waals surface area contributed by atoms with Gasteiger partial charge >= 0.3 is 0 Å². The first kappa shape index (κ1) is 13.1. The summed E-state index contributed by atoms with van der Waals surface area (Å²) < 4.78 is 8.40. The largest absolute Gasteiger partial charge is 0.495 e. The van der Waals surface area contributed by atoms with Crippen molar-refractivity contribution in [1.82, 2.24) is 14.6 Å². The maximum absolute atomic E-state index is 6.02. The normalized spacial score (nSPS) is 11.4. The van der Waals surface area contributed by atoms with Crippen molar-refractivity contribution in [1.29, 1.82) is 0 Å². The summed E-state index contributed by atoms with van der Waals surface area (Å²) in [5.41, 5.74) is 9.08. The zero-order chi connectivity index (χ0) is 15.3. The smallest absolute Gasteiger partial charge is 0.152 e. The second kappa shape index (κ2) is 4.71. The van der Waals surface area contributed by atoms with E-state index in [9.17, 15) is 0 Å². The van der Waals surface area contributed by atoms with Gasteiger partial charge in [-0.2, -0.15) is 5.10 Å². The van der Waals surface area contributed by atoms with E-state index in [0.717, 1.165) is 26.4 Å². The van der Waals surface area contributed by atoms with E-state index in [2.05, 4.69) is 35.2 Å². The Morgan fingerprint density at radius 3 is 2.95 bits per heavy atom. The van der Waals surface area contributed by atoms with Gasteiger partial charge in [-0.05, 0) is 36.1 Å². The van der Waals surface area contributed by atoms with Crippen LogP contribution in [0.5, 0.6) is 5.75 Å².